The fraction of sp³-hybridized carbons (Fsp3) is 0.190. The summed E-state index contributed by atoms with van der Waals surface area (Å²) in [5.41, 5.74) is 4.63. The highest BCUT2D eigenvalue weighted by Crippen LogP contribution is 2.29. The first kappa shape index (κ1) is 18.3. The zero-order chi connectivity index (χ0) is 19.5. The quantitative estimate of drug-likeness (QED) is 0.705. The molecule has 2 aromatic carbocycles. The largest absolute Gasteiger partial charge is 0.365 e. The molecule has 7 heteroatoms. The van der Waals surface area contributed by atoms with Crippen LogP contribution in [0.25, 0.3) is 0 Å². The van der Waals surface area contributed by atoms with Crippen LogP contribution >= 0.6 is 11.6 Å². The Morgan fingerprint density at radius 3 is 2.68 bits per heavy atom. The monoisotopic (exact) mass is 393 g/mol. The smallest absolute Gasteiger partial charge is 0.251 e. The Balaban J connectivity index is 1.48. The number of hydrogen-bond donors (Lipinski definition) is 2. The number of aromatic nitrogens is 2. The van der Waals surface area contributed by atoms with E-state index in [1.807, 2.05) is 42.6 Å². The highest BCUT2D eigenvalue weighted by molar-refractivity contribution is 6.33. The van der Waals surface area contributed by atoms with Crippen LogP contribution in [0.1, 0.15) is 21.6 Å². The number of halogens is 1. The Bertz CT molecular complexity index is 1010. The average molecular weight is 394 g/mol. The SMILES string of the molecule is CNC(=O)c1ccc(Nc2ncc3c(n2)CCN(c2ccccc2Cl)C3)cc1. The maximum absolute atomic E-state index is 11.6. The molecule has 1 amide bonds. The van der Waals surface area contributed by atoms with Crippen LogP contribution in [0, 0.1) is 0 Å². The minimum atomic E-state index is -0.111. The van der Waals surface area contributed by atoms with Gasteiger partial charge < -0.3 is 15.5 Å². The molecule has 28 heavy (non-hydrogen) atoms. The molecule has 4 rings (SSSR count). The van der Waals surface area contributed by atoms with Crippen molar-refractivity contribution >= 4 is 34.8 Å². The van der Waals surface area contributed by atoms with E-state index in [1.54, 1.807) is 19.2 Å². The molecule has 0 atom stereocenters. The van der Waals surface area contributed by atoms with Gasteiger partial charge >= 0.3 is 0 Å². The van der Waals surface area contributed by atoms with Gasteiger partial charge in [0.1, 0.15) is 0 Å². The molecule has 0 saturated carbocycles. The fourth-order valence-electron chi connectivity index (χ4n) is 3.27. The van der Waals surface area contributed by atoms with Crippen LogP contribution in [0.4, 0.5) is 17.3 Å². The fourth-order valence-corrected chi connectivity index (χ4v) is 3.52. The molecule has 1 aliphatic rings. The first-order chi connectivity index (χ1) is 13.6. The van der Waals surface area contributed by atoms with Crippen LogP contribution in [0.3, 0.4) is 0 Å². The lowest BCUT2D eigenvalue weighted by Gasteiger charge is -2.30. The number of para-hydroxylation sites is 1. The summed E-state index contributed by atoms with van der Waals surface area (Å²) in [6, 6.07) is 15.1. The zero-order valence-corrected chi connectivity index (χ0v) is 16.2. The molecule has 142 valence electrons. The standard InChI is InChI=1S/C21H20ClN5O/c1-23-20(28)14-6-8-16(9-7-14)25-21-24-12-15-13-27(11-10-18(15)26-21)19-5-3-2-4-17(19)22/h2-9,12H,10-11,13H2,1H3,(H,23,28)(H,24,25,26). The van der Waals surface area contributed by atoms with E-state index in [1.165, 1.54) is 0 Å². The van der Waals surface area contributed by atoms with Gasteiger partial charge in [-0.05, 0) is 36.4 Å². The number of carbonyl (C=O) groups is 1. The van der Waals surface area contributed by atoms with Crippen LogP contribution in [-0.4, -0.2) is 29.5 Å². The van der Waals surface area contributed by atoms with Crippen molar-refractivity contribution in [2.24, 2.45) is 0 Å². The second-order valence-corrected chi connectivity index (χ2v) is 6.98. The molecule has 6 nitrogen and oxygen atoms in total. The van der Waals surface area contributed by atoms with Crippen molar-refractivity contribution in [2.45, 2.75) is 13.0 Å². The van der Waals surface area contributed by atoms with Gasteiger partial charge in [-0.3, -0.25) is 4.79 Å². The van der Waals surface area contributed by atoms with Crippen molar-refractivity contribution < 1.29 is 4.79 Å². The van der Waals surface area contributed by atoms with E-state index in [2.05, 4.69) is 25.5 Å². The predicted molar refractivity (Wildman–Crippen MR) is 111 cm³/mol. The molecular weight excluding hydrogens is 374 g/mol. The van der Waals surface area contributed by atoms with Crippen LogP contribution < -0.4 is 15.5 Å². The van der Waals surface area contributed by atoms with Crippen molar-refractivity contribution in [3.8, 4) is 0 Å². The molecule has 0 aliphatic carbocycles. The minimum Gasteiger partial charge on any atom is -0.365 e. The zero-order valence-electron chi connectivity index (χ0n) is 15.4. The summed E-state index contributed by atoms with van der Waals surface area (Å²) < 4.78 is 0. The lowest BCUT2D eigenvalue weighted by Crippen LogP contribution is -2.31. The number of rotatable bonds is 4. The average Bonchev–Trinajstić information content (AvgIpc) is 2.74. The molecule has 3 aromatic rings. The topological polar surface area (TPSA) is 70.1 Å². The van der Waals surface area contributed by atoms with Crippen LogP contribution in [0.15, 0.2) is 54.7 Å². The molecule has 1 aromatic heterocycles. The maximum Gasteiger partial charge on any atom is 0.251 e. The van der Waals surface area contributed by atoms with Gasteiger partial charge in [0.05, 0.1) is 16.4 Å². The van der Waals surface area contributed by atoms with E-state index in [4.69, 9.17) is 11.6 Å². The first-order valence-electron chi connectivity index (χ1n) is 9.07. The van der Waals surface area contributed by atoms with Crippen molar-refractivity contribution in [3.05, 3.63) is 76.6 Å². The van der Waals surface area contributed by atoms with Crippen LogP contribution in [0.5, 0.6) is 0 Å². The molecule has 0 saturated heterocycles. The van der Waals surface area contributed by atoms with Gasteiger partial charge in [0.15, 0.2) is 0 Å². The second kappa shape index (κ2) is 7.86. The van der Waals surface area contributed by atoms with Gasteiger partial charge in [0, 0.05) is 49.6 Å². The van der Waals surface area contributed by atoms with Gasteiger partial charge in [0.2, 0.25) is 5.95 Å². The number of carbonyl (C=O) groups excluding carboxylic acids is 1. The number of nitrogens with one attached hydrogen (secondary N) is 2. The lowest BCUT2D eigenvalue weighted by atomic mass is 10.1. The summed E-state index contributed by atoms with van der Waals surface area (Å²) in [7, 11) is 1.61. The van der Waals surface area contributed by atoms with Crippen molar-refractivity contribution in [1.82, 2.24) is 15.3 Å². The first-order valence-corrected chi connectivity index (χ1v) is 9.45. The number of hydrogen-bond acceptors (Lipinski definition) is 5. The molecule has 0 fully saturated rings. The van der Waals surface area contributed by atoms with Gasteiger partial charge in [-0.2, -0.15) is 0 Å². The molecule has 0 bridgehead atoms. The van der Waals surface area contributed by atoms with Crippen molar-refractivity contribution in [1.29, 1.82) is 0 Å². The van der Waals surface area contributed by atoms with E-state index in [9.17, 15) is 4.79 Å². The van der Waals surface area contributed by atoms with Crippen LogP contribution in [-0.2, 0) is 13.0 Å². The second-order valence-electron chi connectivity index (χ2n) is 6.57. The third kappa shape index (κ3) is 3.77. The number of amides is 1. The third-order valence-electron chi connectivity index (χ3n) is 4.76. The van der Waals surface area contributed by atoms with E-state index < -0.39 is 0 Å². The molecule has 0 spiro atoms. The molecular formula is C21H20ClN5O. The van der Waals surface area contributed by atoms with Gasteiger partial charge in [-0.15, -0.1) is 0 Å². The summed E-state index contributed by atoms with van der Waals surface area (Å²) in [4.78, 5) is 23.0. The Kier molecular flexibility index (Phi) is 5.12. The predicted octanol–water partition coefficient (Wildman–Crippen LogP) is 3.80. The number of nitrogens with zero attached hydrogens (tertiary/aromatic N) is 3. The number of anilines is 3. The summed E-state index contributed by atoms with van der Waals surface area (Å²) in [6.07, 6.45) is 2.69. The van der Waals surface area contributed by atoms with Gasteiger partial charge in [-0.25, -0.2) is 9.97 Å². The lowest BCUT2D eigenvalue weighted by molar-refractivity contribution is 0.0963. The molecule has 2 N–H and O–H groups in total. The molecule has 0 unspecified atom stereocenters. The van der Waals surface area contributed by atoms with E-state index in [-0.39, 0.29) is 5.91 Å². The Morgan fingerprint density at radius 1 is 1.14 bits per heavy atom. The number of fused-ring (bicyclic) bond motifs is 1. The normalized spacial score (nSPS) is 13.0. The molecule has 0 radical (unpaired) electrons. The summed E-state index contributed by atoms with van der Waals surface area (Å²) in [5.74, 6) is 0.442. The van der Waals surface area contributed by atoms with E-state index in [0.717, 1.165) is 47.2 Å². The summed E-state index contributed by atoms with van der Waals surface area (Å²) in [6.45, 7) is 1.59. The van der Waals surface area contributed by atoms with E-state index >= 15 is 0 Å². The summed E-state index contributed by atoms with van der Waals surface area (Å²) in [5, 5.41) is 6.56. The highest BCUT2D eigenvalue weighted by atomic mass is 35.5. The Morgan fingerprint density at radius 2 is 1.93 bits per heavy atom. The van der Waals surface area contributed by atoms with Gasteiger partial charge in [-0.1, -0.05) is 23.7 Å². The van der Waals surface area contributed by atoms with Gasteiger partial charge in [0.25, 0.3) is 5.91 Å². The van der Waals surface area contributed by atoms with E-state index in [0.29, 0.717) is 11.5 Å². The highest BCUT2D eigenvalue weighted by Gasteiger charge is 2.20. The molecule has 1 aliphatic heterocycles. The van der Waals surface area contributed by atoms with Crippen molar-refractivity contribution in [3.63, 3.8) is 0 Å². The minimum absolute atomic E-state index is 0.111. The maximum atomic E-state index is 11.6. The van der Waals surface area contributed by atoms with Crippen molar-refractivity contribution in [2.75, 3.05) is 23.8 Å². The summed E-state index contributed by atoms with van der Waals surface area (Å²) >= 11 is 6.33. The number of benzene rings is 2. The Labute approximate surface area is 168 Å². The van der Waals surface area contributed by atoms with Crippen LogP contribution in [0.2, 0.25) is 5.02 Å². The third-order valence-corrected chi connectivity index (χ3v) is 5.08. The molecule has 2 heterocycles. The Hall–Kier alpha value is -3.12.